The second kappa shape index (κ2) is 19.0. The van der Waals surface area contributed by atoms with Crippen LogP contribution < -0.4 is 21.1 Å². The van der Waals surface area contributed by atoms with E-state index >= 15 is 0 Å². The first-order valence-corrected chi connectivity index (χ1v) is 20.8. The number of carbonyl (C=O) groups excluding carboxylic acids is 4. The number of nitrogens with zero attached hydrogens (tertiary/aromatic N) is 5. The lowest BCUT2D eigenvalue weighted by atomic mass is 9.85. The van der Waals surface area contributed by atoms with E-state index < -0.39 is 47.4 Å². The summed E-state index contributed by atoms with van der Waals surface area (Å²) in [5.41, 5.74) is 9.12. The second-order valence-electron chi connectivity index (χ2n) is 15.9. The summed E-state index contributed by atoms with van der Waals surface area (Å²) in [4.78, 5) is 59.0. The summed E-state index contributed by atoms with van der Waals surface area (Å²) in [5.74, 6) is -0.0601. The monoisotopic (exact) mass is 862 g/mol. The number of benzene rings is 2. The molecule has 1 saturated heterocycles. The number of carbonyl (C=O) groups is 4. The van der Waals surface area contributed by atoms with E-state index in [1.807, 2.05) is 35.8 Å². The number of hydrogen-bond donors (Lipinski definition) is 4. The molecule has 320 valence electrons. The summed E-state index contributed by atoms with van der Waals surface area (Å²) >= 11 is 7.88. The highest BCUT2D eigenvalue weighted by Gasteiger charge is 2.44. The topological polar surface area (TPSA) is 213 Å². The predicted molar refractivity (Wildman–Crippen MR) is 227 cm³/mol. The van der Waals surface area contributed by atoms with Crippen LogP contribution in [0.5, 0.6) is 5.75 Å². The third-order valence-corrected chi connectivity index (χ3v) is 11.7. The molecule has 2 aromatic carbocycles. The molecular weight excluding hydrogens is 812 g/mol. The van der Waals surface area contributed by atoms with Crippen molar-refractivity contribution < 1.29 is 38.5 Å². The molecule has 4 atom stereocenters. The van der Waals surface area contributed by atoms with Gasteiger partial charge in [0.1, 0.15) is 47.9 Å². The van der Waals surface area contributed by atoms with Crippen LogP contribution >= 0.6 is 22.9 Å². The average Bonchev–Trinajstić information content (AvgIpc) is 3.84. The van der Waals surface area contributed by atoms with Gasteiger partial charge in [-0.25, -0.2) is 0 Å². The Balaban J connectivity index is 0.945. The van der Waals surface area contributed by atoms with Crippen molar-refractivity contribution >= 4 is 58.0 Å². The van der Waals surface area contributed by atoms with E-state index in [4.69, 9.17) is 36.5 Å². The van der Waals surface area contributed by atoms with Crippen molar-refractivity contribution in [2.75, 3.05) is 44.9 Å². The first kappa shape index (κ1) is 44.4. The molecular formula is C42H51ClN8O8S. The number of nitrogens with one attached hydrogen (secondary N) is 2. The fourth-order valence-corrected chi connectivity index (χ4v) is 8.44. The second-order valence-corrected chi connectivity index (χ2v) is 17.5. The summed E-state index contributed by atoms with van der Waals surface area (Å²) in [6.07, 6.45) is -0.776. The van der Waals surface area contributed by atoms with Crippen LogP contribution in [0.15, 0.2) is 53.5 Å². The standard InChI is InChI=1S/C42H51ClN8O8S/c1-23-24(2)60-41-35(23)36(26-7-9-27(43)10-8-26)46-31(39-49-48-25(3)51(39)41)20-33(53)45-28-11-13-30(14-12-28)59-18-17-57-15-16-58-22-34(54)47-37(42(4,5)6)40(56)50-21-29(52)19-32(50)38(44)55/h7-14,29,31-32,37,52H,15-22H2,1-6H3,(H2,44,55)(H,45,53)(H,47,54)/t29-,31+,32+,37-/m1/s1. The summed E-state index contributed by atoms with van der Waals surface area (Å²) in [5, 5.41) is 26.1. The summed E-state index contributed by atoms with van der Waals surface area (Å²) in [6.45, 7) is 11.9. The van der Waals surface area contributed by atoms with E-state index in [2.05, 4.69) is 34.7 Å². The van der Waals surface area contributed by atoms with Crippen molar-refractivity contribution in [3.8, 4) is 10.8 Å². The van der Waals surface area contributed by atoms with E-state index in [-0.39, 0.29) is 58.3 Å². The van der Waals surface area contributed by atoms with E-state index in [1.165, 1.54) is 4.90 Å². The average molecular weight is 863 g/mol. The number of nitrogens with two attached hydrogens (primary N) is 1. The summed E-state index contributed by atoms with van der Waals surface area (Å²) in [6, 6.07) is 12.0. The van der Waals surface area contributed by atoms with Crippen molar-refractivity contribution in [3.63, 3.8) is 0 Å². The molecule has 60 heavy (non-hydrogen) atoms. The molecule has 0 radical (unpaired) electrons. The highest BCUT2D eigenvalue weighted by atomic mass is 35.5. The number of aliphatic imine (C=N–C) groups is 1. The van der Waals surface area contributed by atoms with Gasteiger partial charge in [-0.05, 0) is 68.1 Å². The fourth-order valence-electron chi connectivity index (χ4n) is 7.10. The van der Waals surface area contributed by atoms with Gasteiger partial charge in [0.05, 0.1) is 38.1 Å². The Morgan fingerprint density at radius 2 is 1.65 bits per heavy atom. The highest BCUT2D eigenvalue weighted by Crippen LogP contribution is 2.40. The molecule has 4 amide bonds. The lowest BCUT2D eigenvalue weighted by Crippen LogP contribution is -2.57. The van der Waals surface area contributed by atoms with E-state index in [0.717, 1.165) is 32.3 Å². The minimum atomic E-state index is -0.965. The van der Waals surface area contributed by atoms with Crippen LogP contribution in [0.1, 0.15) is 72.9 Å². The van der Waals surface area contributed by atoms with Gasteiger partial charge in [0.2, 0.25) is 23.6 Å². The SMILES string of the molecule is Cc1sc2c(c1C)C(c1ccc(Cl)cc1)=N[C@@H](CC(=O)Nc1ccc(OCCOCCOCC(=O)N[C@H](C(=O)N3C[C@H](O)C[C@H]3C(N)=O)C(C)(C)C)cc1)c1nnc(C)n1-2. The zero-order chi connectivity index (χ0) is 43.3. The number of thiophene rings is 1. The predicted octanol–water partition coefficient (Wildman–Crippen LogP) is 4.22. The molecule has 5 N–H and O–H groups in total. The number of aryl methyl sites for hydroxylation is 2. The van der Waals surface area contributed by atoms with Crippen molar-refractivity contribution in [3.05, 3.63) is 86.8 Å². The normalized spacial score (nSPS) is 17.9. The van der Waals surface area contributed by atoms with Crippen molar-refractivity contribution in [1.29, 1.82) is 0 Å². The third kappa shape index (κ3) is 10.4. The quantitative estimate of drug-likeness (QED) is 0.118. The number of aromatic nitrogens is 3. The van der Waals surface area contributed by atoms with Crippen LogP contribution in [0, 0.1) is 26.2 Å². The Hall–Kier alpha value is -5.20. The Labute approximate surface area is 357 Å². The van der Waals surface area contributed by atoms with Crippen LogP contribution in [-0.4, -0.2) is 112 Å². The smallest absolute Gasteiger partial charge is 0.246 e. The molecule has 0 saturated carbocycles. The minimum absolute atomic E-state index is 0.0343. The van der Waals surface area contributed by atoms with E-state index in [1.54, 1.807) is 56.4 Å². The van der Waals surface area contributed by atoms with Gasteiger partial charge >= 0.3 is 0 Å². The number of hydrogen-bond acceptors (Lipinski definition) is 12. The van der Waals surface area contributed by atoms with Gasteiger partial charge in [-0.3, -0.25) is 28.7 Å². The van der Waals surface area contributed by atoms with Crippen LogP contribution in [0.25, 0.3) is 5.00 Å². The number of β-amino-alcohol motifs (C(OH)–C–C–N with tert-alkyl or cyclic N) is 1. The molecule has 16 nitrogen and oxygen atoms in total. The Morgan fingerprint density at radius 1 is 0.967 bits per heavy atom. The van der Waals surface area contributed by atoms with Gasteiger partial charge in [0.15, 0.2) is 5.82 Å². The third-order valence-electron chi connectivity index (χ3n) is 10.3. The zero-order valence-corrected chi connectivity index (χ0v) is 36.1. The fraction of sp³-hybridized carbons (Fsp3) is 0.452. The number of rotatable bonds is 16. The number of halogens is 1. The maximum atomic E-state index is 13.5. The van der Waals surface area contributed by atoms with E-state index in [0.29, 0.717) is 28.1 Å². The molecule has 2 aliphatic rings. The Kier molecular flexibility index (Phi) is 14.1. The maximum absolute atomic E-state index is 13.5. The zero-order valence-electron chi connectivity index (χ0n) is 34.5. The lowest BCUT2D eigenvalue weighted by molar-refractivity contribution is -0.144. The highest BCUT2D eigenvalue weighted by molar-refractivity contribution is 7.15. The number of fused-ring (bicyclic) bond motifs is 3. The van der Waals surface area contributed by atoms with Crippen molar-refractivity contribution in [2.24, 2.45) is 16.1 Å². The number of primary amides is 1. The largest absolute Gasteiger partial charge is 0.491 e. The number of ether oxygens (including phenoxy) is 3. The van der Waals surface area contributed by atoms with Crippen LogP contribution in [0.4, 0.5) is 5.69 Å². The van der Waals surface area contributed by atoms with Gasteiger partial charge in [-0.2, -0.15) is 0 Å². The van der Waals surface area contributed by atoms with Crippen LogP contribution in [0.2, 0.25) is 5.02 Å². The molecule has 0 bridgehead atoms. The molecule has 0 unspecified atom stereocenters. The molecule has 4 heterocycles. The minimum Gasteiger partial charge on any atom is -0.491 e. The molecule has 4 aromatic rings. The number of aliphatic hydroxyl groups excluding tert-OH is 1. The van der Waals surface area contributed by atoms with Crippen LogP contribution in [-0.2, 0) is 28.7 Å². The first-order chi connectivity index (χ1) is 28.5. The molecule has 0 spiro atoms. The number of likely N-dealkylation sites (tertiary alicyclic amines) is 1. The van der Waals surface area contributed by atoms with Gasteiger partial charge in [-0.15, -0.1) is 21.5 Å². The molecule has 18 heteroatoms. The molecule has 1 fully saturated rings. The van der Waals surface area contributed by atoms with Gasteiger partial charge in [0, 0.05) is 39.7 Å². The number of aliphatic hydroxyl groups is 1. The molecule has 2 aromatic heterocycles. The van der Waals surface area contributed by atoms with Crippen molar-refractivity contribution in [1.82, 2.24) is 25.0 Å². The van der Waals surface area contributed by atoms with Crippen LogP contribution in [0.3, 0.4) is 0 Å². The molecule has 6 rings (SSSR count). The van der Waals surface area contributed by atoms with E-state index in [9.17, 15) is 24.3 Å². The number of amides is 4. The Morgan fingerprint density at radius 3 is 2.33 bits per heavy atom. The molecule has 2 aliphatic heterocycles. The first-order valence-electron chi connectivity index (χ1n) is 19.6. The Bertz CT molecular complexity index is 2230. The molecule has 0 aliphatic carbocycles. The summed E-state index contributed by atoms with van der Waals surface area (Å²) in [7, 11) is 0. The lowest BCUT2D eigenvalue weighted by Gasteiger charge is -2.35. The van der Waals surface area contributed by atoms with Crippen molar-refractivity contribution in [2.45, 2.75) is 78.6 Å². The number of anilines is 1. The maximum Gasteiger partial charge on any atom is 0.246 e. The summed E-state index contributed by atoms with van der Waals surface area (Å²) < 4.78 is 18.8. The van der Waals surface area contributed by atoms with Gasteiger partial charge < -0.3 is 40.6 Å². The van der Waals surface area contributed by atoms with Gasteiger partial charge in [0.25, 0.3) is 0 Å². The van der Waals surface area contributed by atoms with Gasteiger partial charge in [-0.1, -0.05) is 44.5 Å².